The molecule has 5 rings (SSSR count). The molecule has 1 aromatic carbocycles. The first-order valence-electron chi connectivity index (χ1n) is 9.98. The number of hydrogen-bond donors (Lipinski definition) is 3. The summed E-state index contributed by atoms with van der Waals surface area (Å²) in [5.74, 6) is -0.182. The van der Waals surface area contributed by atoms with Crippen LogP contribution >= 0.6 is 0 Å². The molecule has 9 nitrogen and oxygen atoms in total. The monoisotopic (exact) mass is 429 g/mol. The number of amides is 1. The Kier molecular flexibility index (Phi) is 4.46. The molecule has 1 fully saturated rings. The van der Waals surface area contributed by atoms with Gasteiger partial charge < -0.3 is 15.0 Å². The van der Waals surface area contributed by atoms with Gasteiger partial charge in [0.05, 0.1) is 30.6 Å². The molecular weight excluding hydrogens is 406 g/mol. The van der Waals surface area contributed by atoms with Crippen LogP contribution in [0.25, 0.3) is 10.9 Å². The third-order valence-electron chi connectivity index (χ3n) is 6.05. The summed E-state index contributed by atoms with van der Waals surface area (Å²) in [6.07, 6.45) is 3.40. The SMILES string of the molecule is O=C(c1cc2ccccc2[nH]1)N1CCn2ncc(S(=O)(=O)NCC3(O)CCC3)c2C1. The molecule has 1 aliphatic heterocycles. The van der Waals surface area contributed by atoms with E-state index in [1.807, 2.05) is 30.3 Å². The van der Waals surface area contributed by atoms with Gasteiger partial charge in [0, 0.05) is 24.0 Å². The minimum atomic E-state index is -3.84. The van der Waals surface area contributed by atoms with Crippen LogP contribution < -0.4 is 4.72 Å². The Hall–Kier alpha value is -2.69. The average Bonchev–Trinajstić information content (AvgIpc) is 3.34. The van der Waals surface area contributed by atoms with E-state index in [0.717, 1.165) is 17.3 Å². The molecule has 0 atom stereocenters. The summed E-state index contributed by atoms with van der Waals surface area (Å²) in [4.78, 5) is 17.8. The topological polar surface area (TPSA) is 120 Å². The van der Waals surface area contributed by atoms with Gasteiger partial charge in [0.25, 0.3) is 5.91 Å². The van der Waals surface area contributed by atoms with Crippen LogP contribution in [0, 0.1) is 0 Å². The first-order valence-corrected chi connectivity index (χ1v) is 11.5. The molecule has 0 saturated heterocycles. The van der Waals surface area contributed by atoms with Crippen LogP contribution in [0.1, 0.15) is 35.4 Å². The number of H-pyrrole nitrogens is 1. The zero-order valence-electron chi connectivity index (χ0n) is 16.3. The van der Waals surface area contributed by atoms with Crippen molar-refractivity contribution in [3.05, 3.63) is 47.9 Å². The van der Waals surface area contributed by atoms with Crippen molar-refractivity contribution in [1.82, 2.24) is 24.4 Å². The Labute approximate surface area is 173 Å². The van der Waals surface area contributed by atoms with Crippen molar-refractivity contribution in [1.29, 1.82) is 0 Å². The third kappa shape index (κ3) is 3.30. The van der Waals surface area contributed by atoms with E-state index in [9.17, 15) is 18.3 Å². The number of sulfonamides is 1. The van der Waals surface area contributed by atoms with Crippen LogP contribution in [-0.2, 0) is 23.1 Å². The smallest absolute Gasteiger partial charge is 0.270 e. The van der Waals surface area contributed by atoms with Gasteiger partial charge in [-0.15, -0.1) is 0 Å². The largest absolute Gasteiger partial charge is 0.389 e. The molecule has 10 heteroatoms. The second-order valence-corrected chi connectivity index (χ2v) is 9.81. The third-order valence-corrected chi connectivity index (χ3v) is 7.49. The minimum Gasteiger partial charge on any atom is -0.389 e. The molecule has 30 heavy (non-hydrogen) atoms. The molecule has 0 spiro atoms. The highest BCUT2D eigenvalue weighted by Gasteiger charge is 2.37. The van der Waals surface area contributed by atoms with Crippen molar-refractivity contribution in [2.24, 2.45) is 0 Å². The Morgan fingerprint density at radius 3 is 2.80 bits per heavy atom. The fraction of sp³-hybridized carbons (Fsp3) is 0.400. The predicted molar refractivity (Wildman–Crippen MR) is 109 cm³/mol. The molecule has 2 aromatic heterocycles. The summed E-state index contributed by atoms with van der Waals surface area (Å²) in [6, 6.07) is 9.46. The molecule has 3 N–H and O–H groups in total. The van der Waals surface area contributed by atoms with E-state index in [-0.39, 0.29) is 23.9 Å². The number of nitrogens with zero attached hydrogens (tertiary/aromatic N) is 3. The molecule has 3 aromatic rings. The maximum absolute atomic E-state index is 13.0. The zero-order chi connectivity index (χ0) is 20.9. The second-order valence-electron chi connectivity index (χ2n) is 8.08. The molecule has 0 radical (unpaired) electrons. The van der Waals surface area contributed by atoms with Gasteiger partial charge in [-0.1, -0.05) is 18.2 Å². The van der Waals surface area contributed by atoms with Crippen molar-refractivity contribution in [2.75, 3.05) is 13.1 Å². The summed E-state index contributed by atoms with van der Waals surface area (Å²) >= 11 is 0. The highest BCUT2D eigenvalue weighted by molar-refractivity contribution is 7.89. The van der Waals surface area contributed by atoms with Gasteiger partial charge in [0.1, 0.15) is 10.6 Å². The molecule has 3 heterocycles. The van der Waals surface area contributed by atoms with Gasteiger partial charge in [0.2, 0.25) is 10.0 Å². The van der Waals surface area contributed by atoms with E-state index < -0.39 is 15.6 Å². The predicted octanol–water partition coefficient (Wildman–Crippen LogP) is 1.21. The molecule has 1 aliphatic carbocycles. The highest BCUT2D eigenvalue weighted by atomic mass is 32.2. The Bertz CT molecular complexity index is 1190. The van der Waals surface area contributed by atoms with Crippen LogP contribution in [0.3, 0.4) is 0 Å². The number of hydrogen-bond acceptors (Lipinski definition) is 5. The summed E-state index contributed by atoms with van der Waals surface area (Å²) in [6.45, 7) is 0.989. The molecule has 0 unspecified atom stereocenters. The molecule has 1 saturated carbocycles. The fourth-order valence-electron chi connectivity index (χ4n) is 4.05. The molecule has 0 bridgehead atoms. The number of carbonyl (C=O) groups is 1. The van der Waals surface area contributed by atoms with E-state index in [4.69, 9.17) is 0 Å². The normalized spacial score (nSPS) is 18.2. The first kappa shape index (κ1) is 19.3. The van der Waals surface area contributed by atoms with E-state index >= 15 is 0 Å². The standard InChI is InChI=1S/C20H23N5O4S/c26-19(16-10-14-4-1-2-5-15(14)23-16)24-8-9-25-17(12-24)18(11-21-25)30(28,29)22-13-20(27)6-3-7-20/h1-2,4-5,10-11,22-23,27H,3,6-9,12-13H2. The van der Waals surface area contributed by atoms with Crippen molar-refractivity contribution >= 4 is 26.8 Å². The molecule has 2 aliphatic rings. The van der Waals surface area contributed by atoms with E-state index in [1.165, 1.54) is 6.20 Å². The van der Waals surface area contributed by atoms with Crippen molar-refractivity contribution < 1.29 is 18.3 Å². The van der Waals surface area contributed by atoms with Gasteiger partial charge in [-0.05, 0) is 31.4 Å². The lowest BCUT2D eigenvalue weighted by Gasteiger charge is -2.36. The maximum Gasteiger partial charge on any atom is 0.270 e. The number of nitrogens with one attached hydrogen (secondary N) is 2. The van der Waals surface area contributed by atoms with Crippen LogP contribution in [-0.4, -0.2) is 57.8 Å². The number of aliphatic hydroxyl groups is 1. The maximum atomic E-state index is 13.0. The van der Waals surface area contributed by atoms with Crippen LogP contribution in [0.2, 0.25) is 0 Å². The molecular formula is C20H23N5O4S. The van der Waals surface area contributed by atoms with Crippen LogP contribution in [0.5, 0.6) is 0 Å². The number of benzene rings is 1. The quantitative estimate of drug-likeness (QED) is 0.563. The summed E-state index contributed by atoms with van der Waals surface area (Å²) in [5.41, 5.74) is 0.861. The number of fused-ring (bicyclic) bond motifs is 2. The van der Waals surface area contributed by atoms with Gasteiger partial charge in [-0.3, -0.25) is 9.48 Å². The van der Waals surface area contributed by atoms with Gasteiger partial charge in [-0.2, -0.15) is 5.10 Å². The Balaban J connectivity index is 1.37. The second kappa shape index (κ2) is 6.93. The zero-order valence-corrected chi connectivity index (χ0v) is 17.2. The number of para-hydroxylation sites is 1. The Morgan fingerprint density at radius 2 is 2.07 bits per heavy atom. The van der Waals surface area contributed by atoms with Crippen LogP contribution in [0.15, 0.2) is 41.4 Å². The number of carbonyl (C=O) groups excluding carboxylic acids is 1. The number of rotatable bonds is 5. The lowest BCUT2D eigenvalue weighted by molar-refractivity contribution is -0.0271. The van der Waals surface area contributed by atoms with Crippen molar-refractivity contribution in [3.8, 4) is 0 Å². The molecule has 1 amide bonds. The van der Waals surface area contributed by atoms with Crippen LogP contribution in [0.4, 0.5) is 0 Å². The van der Waals surface area contributed by atoms with Gasteiger partial charge in [0.15, 0.2) is 0 Å². The number of aromatic amines is 1. The highest BCUT2D eigenvalue weighted by Crippen LogP contribution is 2.31. The lowest BCUT2D eigenvalue weighted by Crippen LogP contribution is -2.48. The van der Waals surface area contributed by atoms with Gasteiger partial charge >= 0.3 is 0 Å². The van der Waals surface area contributed by atoms with Crippen molar-refractivity contribution in [3.63, 3.8) is 0 Å². The average molecular weight is 430 g/mol. The lowest BCUT2D eigenvalue weighted by atomic mass is 9.81. The minimum absolute atomic E-state index is 0.0162. The Morgan fingerprint density at radius 1 is 1.27 bits per heavy atom. The van der Waals surface area contributed by atoms with Gasteiger partial charge in [-0.25, -0.2) is 13.1 Å². The summed E-state index contributed by atoms with van der Waals surface area (Å²) in [5, 5.41) is 15.3. The molecule has 158 valence electrons. The number of aromatic nitrogens is 3. The summed E-state index contributed by atoms with van der Waals surface area (Å²) < 4.78 is 29.8. The first-order chi connectivity index (χ1) is 14.3. The van der Waals surface area contributed by atoms with E-state index in [1.54, 1.807) is 9.58 Å². The van der Waals surface area contributed by atoms with E-state index in [0.29, 0.717) is 37.3 Å². The van der Waals surface area contributed by atoms with Crippen molar-refractivity contribution in [2.45, 2.75) is 42.8 Å². The fourth-order valence-corrected chi connectivity index (χ4v) is 5.33. The summed E-state index contributed by atoms with van der Waals surface area (Å²) in [7, 11) is -3.84. The van der Waals surface area contributed by atoms with E-state index in [2.05, 4.69) is 14.8 Å².